The van der Waals surface area contributed by atoms with Crippen molar-refractivity contribution in [2.45, 2.75) is 52.1 Å². The molecular weight excluding hydrogens is 212 g/mol. The first-order chi connectivity index (χ1) is 8.20. The molecule has 0 saturated heterocycles. The first kappa shape index (κ1) is 12.2. The standard InChI is InChI=1S/C15H20O2/c1-3-4-5-6-12-10-14(16)13-9-11(2)7-8-15(13)17-12/h7-9,12H,3-6,10H2,1-2H3. The number of ether oxygens (including phenoxy) is 1. The number of ketones is 1. The third-order valence-corrected chi connectivity index (χ3v) is 3.27. The lowest BCUT2D eigenvalue weighted by molar-refractivity contribution is 0.0835. The molecule has 0 bridgehead atoms. The van der Waals surface area contributed by atoms with E-state index in [1.54, 1.807) is 0 Å². The number of carbonyl (C=O) groups excluding carboxylic acids is 1. The number of carbonyl (C=O) groups is 1. The van der Waals surface area contributed by atoms with E-state index < -0.39 is 0 Å². The molecule has 2 nitrogen and oxygen atoms in total. The summed E-state index contributed by atoms with van der Waals surface area (Å²) >= 11 is 0. The molecule has 2 rings (SSSR count). The Morgan fingerprint density at radius 3 is 2.94 bits per heavy atom. The number of fused-ring (bicyclic) bond motifs is 1. The molecule has 2 heteroatoms. The minimum atomic E-state index is 0.0873. The summed E-state index contributed by atoms with van der Waals surface area (Å²) < 4.78 is 5.88. The van der Waals surface area contributed by atoms with E-state index in [-0.39, 0.29) is 11.9 Å². The molecule has 1 unspecified atom stereocenters. The molecule has 1 aromatic carbocycles. The van der Waals surface area contributed by atoms with Gasteiger partial charge in [-0.1, -0.05) is 31.4 Å². The molecule has 0 saturated carbocycles. The van der Waals surface area contributed by atoms with Crippen LogP contribution in [0.1, 0.15) is 54.9 Å². The number of hydrogen-bond donors (Lipinski definition) is 0. The van der Waals surface area contributed by atoms with Gasteiger partial charge >= 0.3 is 0 Å². The van der Waals surface area contributed by atoms with Crippen LogP contribution in [0.4, 0.5) is 0 Å². The van der Waals surface area contributed by atoms with E-state index >= 15 is 0 Å². The number of Topliss-reactive ketones (excluding diaryl/α,β-unsaturated/α-hetero) is 1. The van der Waals surface area contributed by atoms with Crippen LogP contribution in [0.5, 0.6) is 5.75 Å². The van der Waals surface area contributed by atoms with Crippen LogP contribution in [-0.2, 0) is 0 Å². The highest BCUT2D eigenvalue weighted by atomic mass is 16.5. The van der Waals surface area contributed by atoms with Crippen LogP contribution in [-0.4, -0.2) is 11.9 Å². The van der Waals surface area contributed by atoms with Gasteiger partial charge in [0, 0.05) is 6.42 Å². The third-order valence-electron chi connectivity index (χ3n) is 3.27. The lowest BCUT2D eigenvalue weighted by atomic mass is 9.96. The molecule has 0 aliphatic carbocycles. The highest BCUT2D eigenvalue weighted by Gasteiger charge is 2.25. The van der Waals surface area contributed by atoms with E-state index in [2.05, 4.69) is 6.92 Å². The zero-order valence-electron chi connectivity index (χ0n) is 10.7. The Balaban J connectivity index is 2.06. The topological polar surface area (TPSA) is 26.3 Å². The van der Waals surface area contributed by atoms with Crippen LogP contribution in [0.15, 0.2) is 18.2 Å². The monoisotopic (exact) mass is 232 g/mol. The van der Waals surface area contributed by atoms with Gasteiger partial charge in [0.05, 0.1) is 5.56 Å². The Morgan fingerprint density at radius 2 is 2.18 bits per heavy atom. The minimum absolute atomic E-state index is 0.0873. The van der Waals surface area contributed by atoms with E-state index in [1.807, 2.05) is 25.1 Å². The maximum Gasteiger partial charge on any atom is 0.170 e. The fraction of sp³-hybridized carbons (Fsp3) is 0.533. The summed E-state index contributed by atoms with van der Waals surface area (Å²) in [5.41, 5.74) is 1.88. The van der Waals surface area contributed by atoms with Gasteiger partial charge in [-0.3, -0.25) is 4.79 Å². The second-order valence-corrected chi connectivity index (χ2v) is 4.86. The van der Waals surface area contributed by atoms with Gasteiger partial charge in [0.25, 0.3) is 0 Å². The molecule has 92 valence electrons. The van der Waals surface area contributed by atoms with Crippen LogP contribution >= 0.6 is 0 Å². The van der Waals surface area contributed by atoms with Gasteiger partial charge in [-0.15, -0.1) is 0 Å². The number of unbranched alkanes of at least 4 members (excludes halogenated alkanes) is 2. The van der Waals surface area contributed by atoms with Crippen molar-refractivity contribution in [2.24, 2.45) is 0 Å². The summed E-state index contributed by atoms with van der Waals surface area (Å²) in [5, 5.41) is 0. The SMILES string of the molecule is CCCCCC1CC(=O)c2cc(C)ccc2O1. The molecule has 1 aliphatic heterocycles. The number of benzene rings is 1. The first-order valence-corrected chi connectivity index (χ1v) is 6.51. The van der Waals surface area contributed by atoms with Crippen molar-refractivity contribution in [3.05, 3.63) is 29.3 Å². The Hall–Kier alpha value is -1.31. The predicted octanol–water partition coefficient (Wildman–Crippen LogP) is 3.91. The molecular formula is C15H20O2. The fourth-order valence-electron chi connectivity index (χ4n) is 2.29. The number of aryl methyl sites for hydroxylation is 1. The van der Waals surface area contributed by atoms with Crippen molar-refractivity contribution < 1.29 is 9.53 Å². The second-order valence-electron chi connectivity index (χ2n) is 4.86. The lowest BCUT2D eigenvalue weighted by Gasteiger charge is -2.25. The van der Waals surface area contributed by atoms with Crippen molar-refractivity contribution in [3.63, 3.8) is 0 Å². The normalized spacial score (nSPS) is 18.7. The molecule has 1 aliphatic rings. The largest absolute Gasteiger partial charge is 0.489 e. The lowest BCUT2D eigenvalue weighted by Crippen LogP contribution is -2.26. The van der Waals surface area contributed by atoms with Crippen LogP contribution in [0, 0.1) is 6.92 Å². The minimum Gasteiger partial charge on any atom is -0.489 e. The van der Waals surface area contributed by atoms with E-state index in [0.29, 0.717) is 6.42 Å². The maximum absolute atomic E-state index is 12.0. The highest BCUT2D eigenvalue weighted by molar-refractivity contribution is 6.00. The Kier molecular flexibility index (Phi) is 3.82. The number of hydrogen-bond acceptors (Lipinski definition) is 2. The molecule has 1 atom stereocenters. The Morgan fingerprint density at radius 1 is 1.35 bits per heavy atom. The van der Waals surface area contributed by atoms with E-state index in [1.165, 1.54) is 12.8 Å². The van der Waals surface area contributed by atoms with Gasteiger partial charge in [-0.05, 0) is 31.9 Å². The fourth-order valence-corrected chi connectivity index (χ4v) is 2.29. The molecule has 0 spiro atoms. The van der Waals surface area contributed by atoms with Crippen molar-refractivity contribution in [1.82, 2.24) is 0 Å². The van der Waals surface area contributed by atoms with Gasteiger partial charge in [0.1, 0.15) is 11.9 Å². The summed E-state index contributed by atoms with van der Waals surface area (Å²) in [6.45, 7) is 4.19. The Labute approximate surface area is 103 Å². The van der Waals surface area contributed by atoms with Crippen LogP contribution in [0.3, 0.4) is 0 Å². The van der Waals surface area contributed by atoms with E-state index in [4.69, 9.17) is 4.74 Å². The molecule has 17 heavy (non-hydrogen) atoms. The smallest absolute Gasteiger partial charge is 0.170 e. The molecule has 0 amide bonds. The average Bonchev–Trinajstić information content (AvgIpc) is 2.31. The summed E-state index contributed by atoms with van der Waals surface area (Å²) in [5.74, 6) is 1.00. The maximum atomic E-state index is 12.0. The van der Waals surface area contributed by atoms with Crippen molar-refractivity contribution in [2.75, 3.05) is 0 Å². The third kappa shape index (κ3) is 2.87. The first-order valence-electron chi connectivity index (χ1n) is 6.51. The van der Waals surface area contributed by atoms with Crippen molar-refractivity contribution in [3.8, 4) is 5.75 Å². The highest BCUT2D eigenvalue weighted by Crippen LogP contribution is 2.30. The number of rotatable bonds is 4. The molecule has 0 aromatic heterocycles. The van der Waals surface area contributed by atoms with Crippen molar-refractivity contribution in [1.29, 1.82) is 0 Å². The van der Waals surface area contributed by atoms with Gasteiger partial charge in [-0.25, -0.2) is 0 Å². The van der Waals surface area contributed by atoms with Gasteiger partial charge in [0.15, 0.2) is 5.78 Å². The Bertz CT molecular complexity index is 409. The summed E-state index contributed by atoms with van der Waals surface area (Å²) in [6, 6.07) is 5.86. The van der Waals surface area contributed by atoms with Gasteiger partial charge in [-0.2, -0.15) is 0 Å². The van der Waals surface area contributed by atoms with Gasteiger partial charge < -0.3 is 4.74 Å². The second kappa shape index (κ2) is 5.35. The zero-order chi connectivity index (χ0) is 12.3. The van der Waals surface area contributed by atoms with E-state index in [9.17, 15) is 4.79 Å². The summed E-state index contributed by atoms with van der Waals surface area (Å²) in [4.78, 5) is 12.0. The molecule has 0 radical (unpaired) electrons. The quantitative estimate of drug-likeness (QED) is 0.736. The van der Waals surface area contributed by atoms with E-state index in [0.717, 1.165) is 29.7 Å². The molecule has 1 aromatic rings. The molecule has 1 heterocycles. The average molecular weight is 232 g/mol. The van der Waals surface area contributed by atoms with Crippen LogP contribution in [0.25, 0.3) is 0 Å². The molecule has 0 N–H and O–H groups in total. The summed E-state index contributed by atoms with van der Waals surface area (Å²) in [6.07, 6.45) is 5.19. The van der Waals surface area contributed by atoms with Gasteiger partial charge in [0.2, 0.25) is 0 Å². The predicted molar refractivity (Wildman–Crippen MR) is 68.7 cm³/mol. The van der Waals surface area contributed by atoms with Crippen molar-refractivity contribution >= 4 is 5.78 Å². The molecule has 0 fully saturated rings. The summed E-state index contributed by atoms with van der Waals surface area (Å²) in [7, 11) is 0. The zero-order valence-corrected chi connectivity index (χ0v) is 10.7. The van der Waals surface area contributed by atoms with Crippen LogP contribution < -0.4 is 4.74 Å². The van der Waals surface area contributed by atoms with Crippen LogP contribution in [0.2, 0.25) is 0 Å².